The van der Waals surface area contributed by atoms with Crippen molar-refractivity contribution in [1.29, 1.82) is 5.41 Å². The molecule has 5 N–H and O–H groups in total. The molecule has 0 amide bonds. The van der Waals surface area contributed by atoms with Gasteiger partial charge < -0.3 is 36.3 Å². The van der Waals surface area contributed by atoms with Crippen LogP contribution < -0.4 is 26.0 Å². The van der Waals surface area contributed by atoms with Crippen molar-refractivity contribution in [2.45, 2.75) is 57.6 Å². The summed E-state index contributed by atoms with van der Waals surface area (Å²) in [6.45, 7) is 12.8. The Labute approximate surface area is 242 Å². The first-order chi connectivity index (χ1) is 19.4. The fraction of sp³-hybridized carbons (Fsp3) is 0.433. The lowest BCUT2D eigenvalue weighted by atomic mass is 10.0. The molecule has 0 radical (unpaired) electrons. The maximum absolute atomic E-state index is 7.89. The quantitative estimate of drug-likeness (QED) is 0.148. The molecule has 2 heterocycles. The molecule has 4 rings (SSSR count). The predicted molar refractivity (Wildman–Crippen MR) is 169 cm³/mol. The molecular formula is C30H42N8OS. The third kappa shape index (κ3) is 6.98. The van der Waals surface area contributed by atoms with E-state index in [1.807, 2.05) is 50.4 Å². The van der Waals surface area contributed by atoms with Gasteiger partial charge in [0, 0.05) is 42.0 Å². The minimum atomic E-state index is -0.00393. The van der Waals surface area contributed by atoms with Crippen LogP contribution >= 0.6 is 11.8 Å². The SMILES string of the molecule is CCN(CC)C1CCN(c2ccc(Nc3nc(N)c(C=N)c(Nc4ccccc4SC)n3)c(OC(C)C)c2)CC1. The Morgan fingerprint density at radius 2 is 1.82 bits per heavy atom. The van der Waals surface area contributed by atoms with E-state index in [1.165, 1.54) is 6.21 Å². The summed E-state index contributed by atoms with van der Waals surface area (Å²) in [5, 5.41) is 14.6. The van der Waals surface area contributed by atoms with Crippen LogP contribution in [0.2, 0.25) is 0 Å². The number of para-hydroxylation sites is 1. The van der Waals surface area contributed by atoms with E-state index in [0.29, 0.717) is 23.4 Å². The summed E-state index contributed by atoms with van der Waals surface area (Å²) < 4.78 is 6.24. The summed E-state index contributed by atoms with van der Waals surface area (Å²) in [5.74, 6) is 1.74. The average Bonchev–Trinajstić information content (AvgIpc) is 2.95. The van der Waals surface area contributed by atoms with Crippen LogP contribution in [0.15, 0.2) is 47.4 Å². The lowest BCUT2D eigenvalue weighted by Gasteiger charge is -2.39. The molecule has 1 saturated heterocycles. The molecule has 2 aromatic carbocycles. The van der Waals surface area contributed by atoms with Crippen LogP contribution in [0.1, 0.15) is 46.1 Å². The Hall–Kier alpha value is -3.50. The number of nitrogen functional groups attached to an aromatic ring is 1. The van der Waals surface area contributed by atoms with Crippen LogP contribution in [-0.2, 0) is 0 Å². The molecule has 1 aliphatic rings. The number of nitrogens with one attached hydrogen (secondary N) is 3. The van der Waals surface area contributed by atoms with Crippen molar-refractivity contribution in [3.63, 3.8) is 0 Å². The van der Waals surface area contributed by atoms with Crippen molar-refractivity contribution in [3.05, 3.63) is 48.0 Å². The smallest absolute Gasteiger partial charge is 0.231 e. The molecule has 1 aromatic heterocycles. The minimum absolute atomic E-state index is 0.00393. The van der Waals surface area contributed by atoms with Crippen molar-refractivity contribution in [1.82, 2.24) is 14.9 Å². The maximum Gasteiger partial charge on any atom is 0.231 e. The molecule has 1 aliphatic heterocycles. The first-order valence-electron chi connectivity index (χ1n) is 14.0. The van der Waals surface area contributed by atoms with E-state index in [9.17, 15) is 0 Å². The van der Waals surface area contributed by atoms with Crippen molar-refractivity contribution in [2.24, 2.45) is 0 Å². The average molecular weight is 563 g/mol. The molecule has 40 heavy (non-hydrogen) atoms. The number of thioether (sulfide) groups is 1. The van der Waals surface area contributed by atoms with E-state index >= 15 is 0 Å². The number of ether oxygens (including phenoxy) is 1. The Kier molecular flexibility index (Phi) is 10.1. The van der Waals surface area contributed by atoms with Crippen molar-refractivity contribution >= 4 is 52.6 Å². The summed E-state index contributed by atoms with van der Waals surface area (Å²) in [6.07, 6.45) is 5.51. The Morgan fingerprint density at radius 1 is 1.10 bits per heavy atom. The summed E-state index contributed by atoms with van der Waals surface area (Å²) in [6, 6.07) is 14.8. The molecule has 214 valence electrons. The highest BCUT2D eigenvalue weighted by atomic mass is 32.2. The second-order valence-corrected chi connectivity index (χ2v) is 10.9. The van der Waals surface area contributed by atoms with Gasteiger partial charge in [-0.3, -0.25) is 0 Å². The van der Waals surface area contributed by atoms with Gasteiger partial charge in [-0.2, -0.15) is 9.97 Å². The fourth-order valence-corrected chi connectivity index (χ4v) is 5.72. The molecule has 10 heteroatoms. The molecule has 1 fully saturated rings. The fourth-order valence-electron chi connectivity index (χ4n) is 5.17. The number of piperidine rings is 1. The standard InChI is InChI=1S/C30H42N8OS/c1-6-37(7-2)21-14-16-38(17-15-21)22-12-13-24(26(18-22)39-20(3)4)34-30-35-28(32)23(19-31)29(36-30)33-25-10-8-9-11-27(25)40-5/h8-13,18-21,31H,6-7,14-17H2,1-5H3,(H4,32,33,34,35,36). The van der Waals surface area contributed by atoms with E-state index in [1.54, 1.807) is 11.8 Å². The van der Waals surface area contributed by atoms with Gasteiger partial charge in [-0.05, 0) is 70.3 Å². The van der Waals surface area contributed by atoms with E-state index < -0.39 is 0 Å². The number of aromatic nitrogens is 2. The van der Waals surface area contributed by atoms with Crippen LogP contribution in [0.25, 0.3) is 0 Å². The molecule has 3 aromatic rings. The van der Waals surface area contributed by atoms with E-state index in [0.717, 1.165) is 66.7 Å². The molecule has 0 bridgehead atoms. The molecule has 0 saturated carbocycles. The number of nitrogens with zero attached hydrogens (tertiary/aromatic N) is 4. The van der Waals surface area contributed by atoms with E-state index in [4.69, 9.17) is 20.9 Å². The zero-order chi connectivity index (χ0) is 28.6. The van der Waals surface area contributed by atoms with Gasteiger partial charge in [-0.15, -0.1) is 11.8 Å². The Bertz CT molecular complexity index is 1290. The van der Waals surface area contributed by atoms with Crippen molar-refractivity contribution in [3.8, 4) is 5.75 Å². The normalized spacial score (nSPS) is 14.0. The monoisotopic (exact) mass is 562 g/mol. The van der Waals surface area contributed by atoms with Gasteiger partial charge in [0.1, 0.15) is 17.4 Å². The Balaban J connectivity index is 1.59. The summed E-state index contributed by atoms with van der Waals surface area (Å²) in [5.41, 5.74) is 9.50. The summed E-state index contributed by atoms with van der Waals surface area (Å²) in [7, 11) is 0. The van der Waals surface area contributed by atoms with Crippen LogP contribution in [0, 0.1) is 5.41 Å². The van der Waals surface area contributed by atoms with Crippen LogP contribution in [0.3, 0.4) is 0 Å². The number of nitrogens with two attached hydrogens (primary N) is 1. The number of anilines is 6. The molecule has 0 aliphatic carbocycles. The Morgan fingerprint density at radius 3 is 2.48 bits per heavy atom. The van der Waals surface area contributed by atoms with Gasteiger partial charge in [0.15, 0.2) is 0 Å². The molecule has 9 nitrogen and oxygen atoms in total. The highest BCUT2D eigenvalue weighted by Crippen LogP contribution is 2.35. The highest BCUT2D eigenvalue weighted by Gasteiger charge is 2.24. The molecular weight excluding hydrogens is 520 g/mol. The second-order valence-electron chi connectivity index (χ2n) is 10.1. The van der Waals surface area contributed by atoms with Crippen LogP contribution in [0.5, 0.6) is 5.75 Å². The topological polar surface area (TPSA) is 115 Å². The molecule has 0 atom stereocenters. The zero-order valence-electron chi connectivity index (χ0n) is 24.2. The third-order valence-electron chi connectivity index (χ3n) is 7.21. The van der Waals surface area contributed by atoms with Crippen LogP contribution in [-0.4, -0.2) is 65.7 Å². The lowest BCUT2D eigenvalue weighted by molar-refractivity contribution is 0.186. The third-order valence-corrected chi connectivity index (χ3v) is 8.01. The summed E-state index contributed by atoms with van der Waals surface area (Å²) >= 11 is 1.63. The number of benzene rings is 2. The largest absolute Gasteiger partial charge is 0.489 e. The maximum atomic E-state index is 7.89. The van der Waals surface area contributed by atoms with Crippen LogP contribution in [0.4, 0.5) is 34.6 Å². The van der Waals surface area contributed by atoms with Gasteiger partial charge in [0.05, 0.1) is 23.0 Å². The minimum Gasteiger partial charge on any atom is -0.489 e. The van der Waals surface area contributed by atoms with E-state index in [2.05, 4.69) is 51.4 Å². The highest BCUT2D eigenvalue weighted by molar-refractivity contribution is 7.98. The summed E-state index contributed by atoms with van der Waals surface area (Å²) in [4.78, 5) is 15.2. The number of hydrogen-bond acceptors (Lipinski definition) is 10. The second kappa shape index (κ2) is 13.7. The first-order valence-corrected chi connectivity index (χ1v) is 15.2. The van der Waals surface area contributed by atoms with Gasteiger partial charge in [0.25, 0.3) is 0 Å². The van der Waals surface area contributed by atoms with Crippen molar-refractivity contribution in [2.75, 3.05) is 53.7 Å². The molecule has 0 unspecified atom stereocenters. The molecule has 0 spiro atoms. The lowest BCUT2D eigenvalue weighted by Crippen LogP contribution is -2.44. The first kappa shape index (κ1) is 29.5. The number of rotatable bonds is 12. The van der Waals surface area contributed by atoms with Gasteiger partial charge in [-0.25, -0.2) is 0 Å². The van der Waals surface area contributed by atoms with E-state index in [-0.39, 0.29) is 11.9 Å². The van der Waals surface area contributed by atoms with Gasteiger partial charge in [-0.1, -0.05) is 26.0 Å². The predicted octanol–water partition coefficient (Wildman–Crippen LogP) is 6.36. The zero-order valence-corrected chi connectivity index (χ0v) is 25.0. The van der Waals surface area contributed by atoms with Gasteiger partial charge >= 0.3 is 0 Å². The van der Waals surface area contributed by atoms with Crippen molar-refractivity contribution < 1.29 is 4.74 Å². The number of hydrogen-bond donors (Lipinski definition) is 4. The van der Waals surface area contributed by atoms with Gasteiger partial charge in [0.2, 0.25) is 5.95 Å².